The van der Waals surface area contributed by atoms with Crippen molar-refractivity contribution in [1.29, 1.82) is 0 Å². The van der Waals surface area contributed by atoms with Crippen LogP contribution in [0, 0.1) is 0 Å². The molecule has 2 rings (SSSR count). The average molecular weight is 354 g/mol. The Morgan fingerprint density at radius 2 is 1.00 bits per heavy atom. The van der Waals surface area contributed by atoms with Gasteiger partial charge in [0, 0.05) is 11.1 Å². The van der Waals surface area contributed by atoms with E-state index in [4.69, 9.17) is 9.47 Å². The van der Waals surface area contributed by atoms with E-state index in [9.17, 15) is 9.59 Å². The van der Waals surface area contributed by atoms with Gasteiger partial charge >= 0.3 is 0 Å². The van der Waals surface area contributed by atoms with Gasteiger partial charge in [-0.05, 0) is 61.4 Å². The van der Waals surface area contributed by atoms with Crippen LogP contribution < -0.4 is 9.47 Å². The van der Waals surface area contributed by atoms with E-state index in [0.717, 1.165) is 25.7 Å². The molecule has 0 aliphatic rings. The first-order valence-electron chi connectivity index (χ1n) is 9.20. The third-order valence-corrected chi connectivity index (χ3v) is 3.97. The van der Waals surface area contributed by atoms with Crippen molar-refractivity contribution in [3.8, 4) is 11.5 Å². The number of rotatable bonds is 11. The molecule has 0 saturated carbocycles. The number of Topliss-reactive ketones (excluding diaryl/α,β-unsaturated/α-hetero) is 2. The minimum absolute atomic E-state index is 0.362. The highest BCUT2D eigenvalue weighted by Crippen LogP contribution is 2.17. The summed E-state index contributed by atoms with van der Waals surface area (Å²) < 4.78 is 11.1. The fourth-order valence-electron chi connectivity index (χ4n) is 2.34. The lowest BCUT2D eigenvalue weighted by atomic mass is 10.0. The van der Waals surface area contributed by atoms with Crippen molar-refractivity contribution in [2.45, 2.75) is 39.5 Å². The molecule has 0 heterocycles. The number of hydrogen-bond acceptors (Lipinski definition) is 4. The Kier molecular flexibility index (Phi) is 7.87. The Morgan fingerprint density at radius 3 is 1.31 bits per heavy atom. The van der Waals surface area contributed by atoms with Gasteiger partial charge in [0.1, 0.15) is 11.5 Å². The van der Waals surface area contributed by atoms with E-state index in [1.54, 1.807) is 48.5 Å². The van der Waals surface area contributed by atoms with Crippen LogP contribution in [0.25, 0.3) is 0 Å². The third kappa shape index (κ3) is 5.73. The summed E-state index contributed by atoms with van der Waals surface area (Å²) in [6.45, 7) is 5.49. The maximum absolute atomic E-state index is 12.4. The minimum atomic E-state index is -0.523. The van der Waals surface area contributed by atoms with Crippen LogP contribution in [0.3, 0.4) is 0 Å². The van der Waals surface area contributed by atoms with Crippen LogP contribution in [-0.4, -0.2) is 24.8 Å². The van der Waals surface area contributed by atoms with Crippen LogP contribution >= 0.6 is 0 Å². The number of benzene rings is 2. The van der Waals surface area contributed by atoms with Crippen LogP contribution in [0.2, 0.25) is 0 Å². The molecule has 4 nitrogen and oxygen atoms in total. The summed E-state index contributed by atoms with van der Waals surface area (Å²) in [6.07, 6.45) is 4.09. The molecule has 138 valence electrons. The van der Waals surface area contributed by atoms with Crippen molar-refractivity contribution in [1.82, 2.24) is 0 Å². The predicted molar refractivity (Wildman–Crippen MR) is 102 cm³/mol. The van der Waals surface area contributed by atoms with E-state index in [1.165, 1.54) is 0 Å². The Bertz CT molecular complexity index is 638. The first kappa shape index (κ1) is 19.7. The molecule has 0 amide bonds. The lowest BCUT2D eigenvalue weighted by Crippen LogP contribution is -2.14. The number of ketones is 2. The molecule has 0 bridgehead atoms. The lowest BCUT2D eigenvalue weighted by Gasteiger charge is -2.07. The van der Waals surface area contributed by atoms with Crippen LogP contribution in [-0.2, 0) is 0 Å². The molecule has 0 saturated heterocycles. The molecular weight excluding hydrogens is 328 g/mol. The second-order valence-corrected chi connectivity index (χ2v) is 6.11. The average Bonchev–Trinajstić information content (AvgIpc) is 2.68. The third-order valence-electron chi connectivity index (χ3n) is 3.97. The van der Waals surface area contributed by atoms with Crippen molar-refractivity contribution >= 4 is 11.6 Å². The molecule has 4 heteroatoms. The first-order valence-corrected chi connectivity index (χ1v) is 9.20. The van der Waals surface area contributed by atoms with Crippen molar-refractivity contribution in [2.24, 2.45) is 0 Å². The predicted octanol–water partition coefficient (Wildman–Crippen LogP) is 5.11. The van der Waals surface area contributed by atoms with Gasteiger partial charge < -0.3 is 9.47 Å². The number of carbonyl (C=O) groups is 2. The quantitative estimate of drug-likeness (QED) is 0.320. The topological polar surface area (TPSA) is 52.6 Å². The number of hydrogen-bond donors (Lipinski definition) is 0. The van der Waals surface area contributed by atoms with Crippen LogP contribution in [0.5, 0.6) is 11.5 Å². The lowest BCUT2D eigenvalue weighted by molar-refractivity contribution is 0.0817. The fraction of sp³-hybridized carbons (Fsp3) is 0.364. The normalized spacial score (nSPS) is 10.4. The van der Waals surface area contributed by atoms with Crippen molar-refractivity contribution in [3.05, 3.63) is 59.7 Å². The molecule has 0 N–H and O–H groups in total. The van der Waals surface area contributed by atoms with Crippen LogP contribution in [0.1, 0.15) is 60.2 Å². The van der Waals surface area contributed by atoms with E-state index in [1.807, 2.05) is 0 Å². The van der Waals surface area contributed by atoms with Gasteiger partial charge in [0.25, 0.3) is 0 Å². The Hall–Kier alpha value is -2.62. The zero-order valence-corrected chi connectivity index (χ0v) is 15.5. The molecule has 26 heavy (non-hydrogen) atoms. The summed E-state index contributed by atoms with van der Waals surface area (Å²) in [7, 11) is 0. The Morgan fingerprint density at radius 1 is 0.654 bits per heavy atom. The Labute approximate surface area is 155 Å². The second-order valence-electron chi connectivity index (χ2n) is 6.11. The van der Waals surface area contributed by atoms with Gasteiger partial charge in [-0.2, -0.15) is 0 Å². The second kappa shape index (κ2) is 10.4. The van der Waals surface area contributed by atoms with Gasteiger partial charge in [-0.3, -0.25) is 9.59 Å². The summed E-state index contributed by atoms with van der Waals surface area (Å²) in [5, 5.41) is 0. The first-order chi connectivity index (χ1) is 12.7. The SMILES string of the molecule is CCCCOc1ccc(C(=O)C(=O)c2ccc(OCCCC)cc2)cc1. The van der Waals surface area contributed by atoms with E-state index < -0.39 is 11.6 Å². The molecular formula is C22H26O4. The van der Waals surface area contributed by atoms with Gasteiger partial charge in [0.05, 0.1) is 13.2 Å². The summed E-state index contributed by atoms with van der Waals surface area (Å²) in [5.41, 5.74) is 0.724. The molecule has 0 aliphatic carbocycles. The maximum atomic E-state index is 12.4. The molecule has 0 aromatic heterocycles. The highest BCUT2D eigenvalue weighted by atomic mass is 16.5. The van der Waals surface area contributed by atoms with E-state index in [2.05, 4.69) is 13.8 Å². The summed E-state index contributed by atoms with van der Waals surface area (Å²) in [5.74, 6) is 0.363. The minimum Gasteiger partial charge on any atom is -0.494 e. The standard InChI is InChI=1S/C22H26O4/c1-3-5-15-25-19-11-7-17(8-12-19)21(23)22(24)18-9-13-20(14-10-18)26-16-6-4-2/h7-14H,3-6,15-16H2,1-2H3. The molecule has 0 fully saturated rings. The largest absolute Gasteiger partial charge is 0.494 e. The van der Waals surface area contributed by atoms with Gasteiger partial charge in [-0.25, -0.2) is 0 Å². The molecule has 2 aromatic rings. The monoisotopic (exact) mass is 354 g/mol. The van der Waals surface area contributed by atoms with E-state index >= 15 is 0 Å². The number of ether oxygens (including phenoxy) is 2. The van der Waals surface area contributed by atoms with Gasteiger partial charge in [-0.1, -0.05) is 26.7 Å². The highest BCUT2D eigenvalue weighted by molar-refractivity contribution is 6.49. The van der Waals surface area contributed by atoms with Gasteiger partial charge in [0.2, 0.25) is 11.6 Å². The maximum Gasteiger partial charge on any atom is 0.233 e. The Balaban J connectivity index is 1.96. The van der Waals surface area contributed by atoms with Crippen molar-refractivity contribution < 1.29 is 19.1 Å². The zero-order chi connectivity index (χ0) is 18.8. The molecule has 0 radical (unpaired) electrons. The smallest absolute Gasteiger partial charge is 0.233 e. The van der Waals surface area contributed by atoms with Crippen LogP contribution in [0.4, 0.5) is 0 Å². The summed E-state index contributed by atoms with van der Waals surface area (Å²) >= 11 is 0. The number of unbranched alkanes of at least 4 members (excludes halogenated alkanes) is 2. The molecule has 0 atom stereocenters. The van der Waals surface area contributed by atoms with Crippen molar-refractivity contribution in [2.75, 3.05) is 13.2 Å². The molecule has 0 unspecified atom stereocenters. The molecule has 0 spiro atoms. The highest BCUT2D eigenvalue weighted by Gasteiger charge is 2.18. The zero-order valence-electron chi connectivity index (χ0n) is 15.5. The van der Waals surface area contributed by atoms with Crippen molar-refractivity contribution in [3.63, 3.8) is 0 Å². The fourth-order valence-corrected chi connectivity index (χ4v) is 2.34. The molecule has 0 aliphatic heterocycles. The van der Waals surface area contributed by atoms with E-state index in [0.29, 0.717) is 35.8 Å². The summed E-state index contributed by atoms with van der Waals surface area (Å²) in [4.78, 5) is 24.8. The molecule has 2 aromatic carbocycles. The van der Waals surface area contributed by atoms with Gasteiger partial charge in [-0.15, -0.1) is 0 Å². The van der Waals surface area contributed by atoms with E-state index in [-0.39, 0.29) is 0 Å². The van der Waals surface area contributed by atoms with Crippen LogP contribution in [0.15, 0.2) is 48.5 Å². The van der Waals surface area contributed by atoms with Gasteiger partial charge in [0.15, 0.2) is 0 Å². The summed E-state index contributed by atoms with van der Waals surface area (Å²) in [6, 6.07) is 13.4. The number of carbonyl (C=O) groups excluding carboxylic acids is 2.